The van der Waals surface area contributed by atoms with Crippen LogP contribution >= 0.6 is 0 Å². The highest BCUT2D eigenvalue weighted by Crippen LogP contribution is 2.11. The zero-order valence-corrected chi connectivity index (χ0v) is 8.65. The number of rotatable bonds is 4. The third-order valence-corrected chi connectivity index (χ3v) is 2.05. The van der Waals surface area contributed by atoms with Crippen LogP contribution in [0.15, 0.2) is 24.3 Å². The molecule has 0 fully saturated rings. The quantitative estimate of drug-likeness (QED) is 0.738. The Bertz CT molecular complexity index is 370. The van der Waals surface area contributed by atoms with Gasteiger partial charge in [0.15, 0.2) is 5.78 Å². The van der Waals surface area contributed by atoms with Crippen molar-refractivity contribution in [1.82, 2.24) is 0 Å². The Morgan fingerprint density at radius 2 is 1.80 bits per heavy atom. The maximum absolute atomic E-state index is 11.0. The van der Waals surface area contributed by atoms with Crippen LogP contribution in [0.1, 0.15) is 24.2 Å². The molecule has 0 bridgehead atoms. The minimum atomic E-state index is -0.911. The van der Waals surface area contributed by atoms with E-state index >= 15 is 0 Å². The van der Waals surface area contributed by atoms with Crippen LogP contribution in [0.4, 0.5) is 5.69 Å². The summed E-state index contributed by atoms with van der Waals surface area (Å²) in [6, 6.07) is 6.07. The lowest BCUT2D eigenvalue weighted by atomic mass is 10.1. The molecule has 0 radical (unpaired) electrons. The molecule has 1 unspecified atom stereocenters. The molecular weight excluding hydrogens is 194 g/mol. The summed E-state index contributed by atoms with van der Waals surface area (Å²) in [6.45, 7) is 3.05. The van der Waals surface area contributed by atoms with Crippen LogP contribution in [-0.4, -0.2) is 22.9 Å². The van der Waals surface area contributed by atoms with E-state index in [2.05, 4.69) is 5.32 Å². The Hall–Kier alpha value is -1.84. The first-order valence-electron chi connectivity index (χ1n) is 4.61. The third-order valence-electron chi connectivity index (χ3n) is 2.05. The van der Waals surface area contributed by atoms with Gasteiger partial charge in [-0.15, -0.1) is 0 Å². The van der Waals surface area contributed by atoms with Crippen molar-refractivity contribution in [2.75, 3.05) is 5.32 Å². The highest BCUT2D eigenvalue weighted by molar-refractivity contribution is 5.94. The largest absolute Gasteiger partial charge is 0.480 e. The van der Waals surface area contributed by atoms with Crippen LogP contribution in [0.5, 0.6) is 0 Å². The van der Waals surface area contributed by atoms with Crippen LogP contribution < -0.4 is 5.32 Å². The molecule has 80 valence electrons. The molecule has 2 N–H and O–H groups in total. The van der Waals surface area contributed by atoms with Gasteiger partial charge in [-0.25, -0.2) is 0 Å². The standard InChI is InChI=1S/C11H13NO3/c1-7(11(14)15)12-10-5-3-9(4-6-10)8(2)13/h3-7,12H,1-2H3,(H,14,15). The molecule has 0 heterocycles. The molecule has 0 aromatic heterocycles. The summed E-state index contributed by atoms with van der Waals surface area (Å²) >= 11 is 0. The zero-order chi connectivity index (χ0) is 11.4. The second-order valence-electron chi connectivity index (χ2n) is 3.34. The Balaban J connectivity index is 2.72. The van der Waals surface area contributed by atoms with Crippen molar-refractivity contribution < 1.29 is 14.7 Å². The van der Waals surface area contributed by atoms with E-state index in [-0.39, 0.29) is 5.78 Å². The van der Waals surface area contributed by atoms with Gasteiger partial charge in [0.1, 0.15) is 6.04 Å². The number of carbonyl (C=O) groups excluding carboxylic acids is 1. The van der Waals surface area contributed by atoms with E-state index in [4.69, 9.17) is 5.11 Å². The molecule has 0 aliphatic heterocycles. The van der Waals surface area contributed by atoms with Crippen molar-refractivity contribution >= 4 is 17.4 Å². The molecule has 0 amide bonds. The fourth-order valence-corrected chi connectivity index (χ4v) is 1.11. The van der Waals surface area contributed by atoms with Crippen LogP contribution in [0.3, 0.4) is 0 Å². The molecule has 15 heavy (non-hydrogen) atoms. The maximum Gasteiger partial charge on any atom is 0.325 e. The van der Waals surface area contributed by atoms with Gasteiger partial charge in [-0.1, -0.05) is 0 Å². The van der Waals surface area contributed by atoms with Crippen molar-refractivity contribution in [3.63, 3.8) is 0 Å². The number of Topliss-reactive ketones (excluding diaryl/α,β-unsaturated/α-hetero) is 1. The Labute approximate surface area is 87.9 Å². The molecular formula is C11H13NO3. The highest BCUT2D eigenvalue weighted by atomic mass is 16.4. The van der Waals surface area contributed by atoms with Crippen LogP contribution in [0.2, 0.25) is 0 Å². The molecule has 1 atom stereocenters. The maximum atomic E-state index is 11.0. The predicted molar refractivity (Wildman–Crippen MR) is 57.2 cm³/mol. The summed E-state index contributed by atoms with van der Waals surface area (Å²) in [7, 11) is 0. The van der Waals surface area contributed by atoms with Gasteiger partial charge in [-0.2, -0.15) is 0 Å². The van der Waals surface area contributed by atoms with E-state index in [1.807, 2.05) is 0 Å². The number of hydrogen-bond acceptors (Lipinski definition) is 3. The summed E-state index contributed by atoms with van der Waals surface area (Å²) in [5.41, 5.74) is 1.30. The van der Waals surface area contributed by atoms with E-state index < -0.39 is 12.0 Å². The van der Waals surface area contributed by atoms with E-state index in [0.29, 0.717) is 11.3 Å². The Morgan fingerprint density at radius 3 is 2.20 bits per heavy atom. The number of hydrogen-bond donors (Lipinski definition) is 2. The summed E-state index contributed by atoms with van der Waals surface area (Å²) in [5.74, 6) is -0.918. The molecule has 0 spiro atoms. The van der Waals surface area contributed by atoms with Gasteiger partial charge in [0.05, 0.1) is 0 Å². The summed E-state index contributed by atoms with van der Waals surface area (Å²) in [5, 5.41) is 11.5. The number of carboxylic acid groups (broad SMARTS) is 1. The van der Waals surface area contributed by atoms with Gasteiger partial charge in [0.2, 0.25) is 0 Å². The summed E-state index contributed by atoms with van der Waals surface area (Å²) in [4.78, 5) is 21.5. The predicted octanol–water partition coefficient (Wildman–Crippen LogP) is 1.77. The second kappa shape index (κ2) is 4.59. The average molecular weight is 207 g/mol. The first-order chi connectivity index (χ1) is 7.00. The molecule has 0 aliphatic rings. The monoisotopic (exact) mass is 207 g/mol. The summed E-state index contributed by atoms with van der Waals surface area (Å²) < 4.78 is 0. The number of carboxylic acids is 1. The highest BCUT2D eigenvalue weighted by Gasteiger charge is 2.09. The van der Waals surface area contributed by atoms with Crippen molar-refractivity contribution in [1.29, 1.82) is 0 Å². The van der Waals surface area contributed by atoms with E-state index in [0.717, 1.165) is 0 Å². The number of carbonyl (C=O) groups is 2. The lowest BCUT2D eigenvalue weighted by molar-refractivity contribution is -0.137. The van der Waals surface area contributed by atoms with Crippen molar-refractivity contribution in [3.05, 3.63) is 29.8 Å². The van der Waals surface area contributed by atoms with Crippen molar-refractivity contribution in [2.24, 2.45) is 0 Å². The second-order valence-corrected chi connectivity index (χ2v) is 3.34. The molecule has 0 saturated heterocycles. The van der Waals surface area contributed by atoms with E-state index in [1.165, 1.54) is 6.92 Å². The topological polar surface area (TPSA) is 66.4 Å². The van der Waals surface area contributed by atoms with Crippen LogP contribution in [0.25, 0.3) is 0 Å². The SMILES string of the molecule is CC(=O)c1ccc(NC(C)C(=O)O)cc1. The van der Waals surface area contributed by atoms with Gasteiger partial charge in [0.25, 0.3) is 0 Å². The number of anilines is 1. The minimum absolute atomic E-state index is 0.00664. The van der Waals surface area contributed by atoms with Crippen LogP contribution in [0, 0.1) is 0 Å². The lowest BCUT2D eigenvalue weighted by Crippen LogP contribution is -2.25. The average Bonchev–Trinajstić information content (AvgIpc) is 2.18. The van der Waals surface area contributed by atoms with Crippen molar-refractivity contribution in [3.8, 4) is 0 Å². The van der Waals surface area contributed by atoms with Gasteiger partial charge < -0.3 is 10.4 Å². The zero-order valence-electron chi connectivity index (χ0n) is 8.65. The van der Waals surface area contributed by atoms with E-state index in [1.54, 1.807) is 31.2 Å². The van der Waals surface area contributed by atoms with Gasteiger partial charge in [-0.05, 0) is 38.1 Å². The smallest absolute Gasteiger partial charge is 0.325 e. The molecule has 4 heteroatoms. The summed E-state index contributed by atoms with van der Waals surface area (Å²) in [6.07, 6.45) is 0. The van der Waals surface area contributed by atoms with Crippen molar-refractivity contribution in [2.45, 2.75) is 19.9 Å². The number of benzene rings is 1. The molecule has 0 aliphatic carbocycles. The fourth-order valence-electron chi connectivity index (χ4n) is 1.11. The minimum Gasteiger partial charge on any atom is -0.480 e. The first-order valence-corrected chi connectivity index (χ1v) is 4.61. The molecule has 4 nitrogen and oxygen atoms in total. The van der Waals surface area contributed by atoms with Gasteiger partial charge in [0, 0.05) is 11.3 Å². The molecule has 0 saturated carbocycles. The van der Waals surface area contributed by atoms with E-state index in [9.17, 15) is 9.59 Å². The number of ketones is 1. The molecule has 1 rings (SSSR count). The number of aliphatic carboxylic acids is 1. The lowest BCUT2D eigenvalue weighted by Gasteiger charge is -2.10. The Morgan fingerprint density at radius 1 is 1.27 bits per heavy atom. The molecule has 1 aromatic carbocycles. The van der Waals surface area contributed by atoms with Crippen LogP contribution in [-0.2, 0) is 4.79 Å². The number of nitrogens with one attached hydrogen (secondary N) is 1. The normalized spacial score (nSPS) is 11.9. The third kappa shape index (κ3) is 3.09. The first kappa shape index (κ1) is 11.2. The molecule has 1 aromatic rings. The van der Waals surface area contributed by atoms with Gasteiger partial charge in [-0.3, -0.25) is 9.59 Å². The fraction of sp³-hybridized carbons (Fsp3) is 0.273. The van der Waals surface area contributed by atoms with Gasteiger partial charge >= 0.3 is 5.97 Å². The Kier molecular flexibility index (Phi) is 3.44.